The Morgan fingerprint density at radius 2 is 1.91 bits per heavy atom. The van der Waals surface area contributed by atoms with Gasteiger partial charge in [-0.05, 0) is 49.1 Å². The highest BCUT2D eigenvalue weighted by atomic mass is 32.2. The molecule has 0 radical (unpaired) electrons. The van der Waals surface area contributed by atoms with Gasteiger partial charge in [-0.1, -0.05) is 24.3 Å². The van der Waals surface area contributed by atoms with Gasteiger partial charge in [0.15, 0.2) is 5.13 Å². The standard InChI is InChI=1S/C24H24N4O3S3/c1-31-19-4-2-3-17(12-19)21-13-33-24(27-21)26-20(22-14-32-23(25-22)16-7-8-16)11-15-5-9-18(10-6-15)28-34(29)30/h2-6,9-10,12-14,16,20,34H,7-8,11H2,1H3,(H,26,27)(H,28,29,30)/t20-/m0/s1. The van der Waals surface area contributed by atoms with Crippen LogP contribution in [0.15, 0.2) is 59.3 Å². The number of aromatic nitrogens is 2. The summed E-state index contributed by atoms with van der Waals surface area (Å²) in [5.41, 5.74) is 4.54. The van der Waals surface area contributed by atoms with Gasteiger partial charge in [0.2, 0.25) is 10.9 Å². The minimum Gasteiger partial charge on any atom is -0.497 e. The van der Waals surface area contributed by atoms with Crippen molar-refractivity contribution >= 4 is 44.4 Å². The molecular formula is C24H24N4O3S3. The van der Waals surface area contributed by atoms with Crippen molar-refractivity contribution in [3.05, 3.63) is 75.6 Å². The van der Waals surface area contributed by atoms with Crippen LogP contribution in [0.4, 0.5) is 10.8 Å². The molecule has 1 aliphatic carbocycles. The lowest BCUT2D eigenvalue weighted by molar-refractivity contribution is 0.415. The number of nitrogens with one attached hydrogen (secondary N) is 2. The van der Waals surface area contributed by atoms with E-state index in [0.29, 0.717) is 18.0 Å². The number of anilines is 2. The summed E-state index contributed by atoms with van der Waals surface area (Å²) >= 11 is 3.29. The summed E-state index contributed by atoms with van der Waals surface area (Å²) in [6.07, 6.45) is 3.14. The van der Waals surface area contributed by atoms with E-state index in [9.17, 15) is 8.42 Å². The Bertz CT molecular complexity index is 1340. The molecule has 2 aromatic heterocycles. The van der Waals surface area contributed by atoms with Crippen LogP contribution in [0.5, 0.6) is 5.75 Å². The molecule has 0 unspecified atom stereocenters. The zero-order valence-electron chi connectivity index (χ0n) is 18.4. The average Bonchev–Trinajstić information content (AvgIpc) is 3.38. The Morgan fingerprint density at radius 1 is 1.09 bits per heavy atom. The molecule has 5 rings (SSSR count). The Labute approximate surface area is 208 Å². The molecule has 4 aromatic rings. The van der Waals surface area contributed by atoms with Crippen LogP contribution in [0.3, 0.4) is 0 Å². The fraction of sp³-hybridized carbons (Fsp3) is 0.250. The van der Waals surface area contributed by atoms with Crippen LogP contribution >= 0.6 is 22.7 Å². The maximum atomic E-state index is 10.9. The van der Waals surface area contributed by atoms with Gasteiger partial charge in [0.25, 0.3) is 0 Å². The van der Waals surface area contributed by atoms with Gasteiger partial charge in [0, 0.05) is 27.9 Å². The Hall–Kier alpha value is -2.95. The Kier molecular flexibility index (Phi) is 6.80. The third-order valence-electron chi connectivity index (χ3n) is 5.60. The van der Waals surface area contributed by atoms with E-state index in [1.165, 1.54) is 17.8 Å². The lowest BCUT2D eigenvalue weighted by Crippen LogP contribution is -2.14. The van der Waals surface area contributed by atoms with E-state index in [-0.39, 0.29) is 6.04 Å². The predicted molar refractivity (Wildman–Crippen MR) is 139 cm³/mol. The number of methoxy groups -OCH3 is 1. The fourth-order valence-corrected chi connectivity index (χ4v) is 5.85. The molecule has 1 saturated carbocycles. The molecule has 2 aromatic carbocycles. The zero-order valence-corrected chi connectivity index (χ0v) is 21.0. The van der Waals surface area contributed by atoms with E-state index in [2.05, 4.69) is 15.4 Å². The first-order valence-corrected chi connectivity index (χ1v) is 13.8. The monoisotopic (exact) mass is 512 g/mol. The minimum absolute atomic E-state index is 0.0528. The molecule has 34 heavy (non-hydrogen) atoms. The highest BCUT2D eigenvalue weighted by Crippen LogP contribution is 2.42. The highest BCUT2D eigenvalue weighted by molar-refractivity contribution is 7.73. The molecular weight excluding hydrogens is 488 g/mol. The van der Waals surface area contributed by atoms with Crippen molar-refractivity contribution in [1.82, 2.24) is 9.97 Å². The number of nitrogens with zero attached hydrogens (tertiary/aromatic N) is 2. The van der Waals surface area contributed by atoms with E-state index in [1.54, 1.807) is 41.9 Å². The second-order valence-electron chi connectivity index (χ2n) is 8.12. The summed E-state index contributed by atoms with van der Waals surface area (Å²) in [5.74, 6) is 1.41. The van der Waals surface area contributed by atoms with Crippen molar-refractivity contribution in [3.63, 3.8) is 0 Å². The third kappa shape index (κ3) is 5.57. The summed E-state index contributed by atoms with van der Waals surface area (Å²) in [6, 6.07) is 15.2. The van der Waals surface area contributed by atoms with Gasteiger partial charge in [0.1, 0.15) is 5.75 Å². The number of rotatable bonds is 10. The van der Waals surface area contributed by atoms with Gasteiger partial charge in [-0.2, -0.15) is 0 Å². The molecule has 1 aliphatic rings. The first-order chi connectivity index (χ1) is 16.6. The molecule has 176 valence electrons. The molecule has 1 fully saturated rings. The minimum atomic E-state index is -2.68. The summed E-state index contributed by atoms with van der Waals surface area (Å²) in [6.45, 7) is 0. The van der Waals surface area contributed by atoms with Gasteiger partial charge in [0.05, 0.1) is 29.5 Å². The molecule has 2 N–H and O–H groups in total. The average molecular weight is 513 g/mol. The van der Waals surface area contributed by atoms with E-state index in [1.807, 2.05) is 41.8 Å². The van der Waals surface area contributed by atoms with Gasteiger partial charge >= 0.3 is 0 Å². The van der Waals surface area contributed by atoms with E-state index >= 15 is 0 Å². The van der Waals surface area contributed by atoms with Gasteiger partial charge in [-0.3, -0.25) is 4.72 Å². The predicted octanol–water partition coefficient (Wildman–Crippen LogP) is 5.49. The molecule has 0 bridgehead atoms. The number of benzene rings is 2. The van der Waals surface area contributed by atoms with Gasteiger partial charge in [-0.25, -0.2) is 18.4 Å². The van der Waals surface area contributed by atoms with Gasteiger partial charge < -0.3 is 10.1 Å². The number of thiazole rings is 2. The summed E-state index contributed by atoms with van der Waals surface area (Å²) in [7, 11) is -1.02. The molecule has 10 heteroatoms. The normalized spacial score (nSPS) is 14.2. The SMILES string of the molecule is COc1cccc(-c2csc(N[C@@H](Cc3ccc(N[SH](=O)=O)cc3)c3csc(C4CC4)n3)n2)c1. The molecule has 7 nitrogen and oxygen atoms in total. The molecule has 0 spiro atoms. The van der Waals surface area contributed by atoms with Crippen molar-refractivity contribution in [2.24, 2.45) is 0 Å². The Balaban J connectivity index is 1.37. The van der Waals surface area contributed by atoms with Crippen LogP contribution in [0.1, 0.15) is 41.1 Å². The van der Waals surface area contributed by atoms with E-state index in [0.717, 1.165) is 33.4 Å². The number of hydrogen-bond donors (Lipinski definition) is 3. The van der Waals surface area contributed by atoms with Crippen molar-refractivity contribution < 1.29 is 13.2 Å². The topological polar surface area (TPSA) is 93.2 Å². The van der Waals surface area contributed by atoms with Crippen LogP contribution in [-0.4, -0.2) is 25.5 Å². The zero-order chi connectivity index (χ0) is 23.5. The molecule has 0 aliphatic heterocycles. The van der Waals surface area contributed by atoms with E-state index < -0.39 is 10.9 Å². The maximum absolute atomic E-state index is 10.9. The molecule has 0 saturated heterocycles. The van der Waals surface area contributed by atoms with Crippen molar-refractivity contribution in [2.45, 2.75) is 31.2 Å². The van der Waals surface area contributed by atoms with Crippen molar-refractivity contribution in [3.8, 4) is 17.0 Å². The van der Waals surface area contributed by atoms with Crippen molar-refractivity contribution in [1.29, 1.82) is 0 Å². The second kappa shape index (κ2) is 10.1. The summed E-state index contributed by atoms with van der Waals surface area (Å²) in [5, 5.41) is 9.80. The third-order valence-corrected chi connectivity index (χ3v) is 7.84. The van der Waals surface area contributed by atoms with Crippen LogP contribution in [0, 0.1) is 0 Å². The second-order valence-corrected chi connectivity index (χ2v) is 10.6. The Morgan fingerprint density at radius 3 is 2.65 bits per heavy atom. The van der Waals surface area contributed by atoms with E-state index in [4.69, 9.17) is 14.7 Å². The van der Waals surface area contributed by atoms with Crippen LogP contribution in [-0.2, 0) is 17.3 Å². The lowest BCUT2D eigenvalue weighted by Gasteiger charge is -2.17. The number of ether oxygens (including phenoxy) is 1. The molecule has 1 atom stereocenters. The van der Waals surface area contributed by atoms with Crippen LogP contribution in [0.2, 0.25) is 0 Å². The fourth-order valence-electron chi connectivity index (χ4n) is 3.67. The maximum Gasteiger partial charge on any atom is 0.222 e. The summed E-state index contributed by atoms with van der Waals surface area (Å²) in [4.78, 5) is 9.75. The smallest absolute Gasteiger partial charge is 0.222 e. The number of hydrogen-bond acceptors (Lipinski definition) is 8. The quantitative estimate of drug-likeness (QED) is 0.244. The molecule has 2 heterocycles. The summed E-state index contributed by atoms with van der Waals surface area (Å²) < 4.78 is 29.6. The van der Waals surface area contributed by atoms with Crippen LogP contribution in [0.25, 0.3) is 11.3 Å². The lowest BCUT2D eigenvalue weighted by atomic mass is 10.0. The first kappa shape index (κ1) is 22.8. The highest BCUT2D eigenvalue weighted by Gasteiger charge is 2.28. The van der Waals surface area contributed by atoms with Crippen molar-refractivity contribution in [2.75, 3.05) is 17.1 Å². The molecule has 0 amide bonds. The van der Waals surface area contributed by atoms with Crippen LogP contribution < -0.4 is 14.8 Å². The largest absolute Gasteiger partial charge is 0.497 e. The number of thiol groups is 1. The van der Waals surface area contributed by atoms with Gasteiger partial charge in [-0.15, -0.1) is 22.7 Å². The first-order valence-electron chi connectivity index (χ1n) is 10.9.